The van der Waals surface area contributed by atoms with Crippen molar-refractivity contribution in [3.8, 4) is 5.75 Å². The van der Waals surface area contributed by atoms with Crippen LogP contribution in [-0.2, 0) is 14.3 Å². The number of nitrogens with zero attached hydrogens (tertiary/aromatic N) is 1. The molecule has 1 rings (SSSR count). The van der Waals surface area contributed by atoms with E-state index in [9.17, 15) is 19.5 Å². The number of alkyl carbamates (subject to hydrolysis) is 1. The molecule has 0 spiro atoms. The molecule has 1 aromatic rings. The summed E-state index contributed by atoms with van der Waals surface area (Å²) in [4.78, 5) is 41.2. The van der Waals surface area contributed by atoms with Gasteiger partial charge < -0.3 is 25.4 Å². The summed E-state index contributed by atoms with van der Waals surface area (Å²) < 4.78 is 5.31. The van der Waals surface area contributed by atoms with Crippen LogP contribution in [0.15, 0.2) is 24.3 Å². The minimum Gasteiger partial charge on any atom is -0.508 e. The number of benzene rings is 1. The van der Waals surface area contributed by atoms with Crippen molar-refractivity contribution < 1.29 is 24.2 Å². The summed E-state index contributed by atoms with van der Waals surface area (Å²) in [6.07, 6.45) is 0.923. The zero-order valence-corrected chi connectivity index (χ0v) is 22.5. The fourth-order valence-electron chi connectivity index (χ4n) is 3.59. The van der Waals surface area contributed by atoms with Crippen LogP contribution in [0.1, 0.15) is 79.8 Å². The van der Waals surface area contributed by atoms with Gasteiger partial charge in [-0.2, -0.15) is 12.6 Å². The van der Waals surface area contributed by atoms with Crippen molar-refractivity contribution >= 4 is 30.5 Å². The van der Waals surface area contributed by atoms with Crippen molar-refractivity contribution in [2.45, 2.75) is 97.5 Å². The third-order valence-corrected chi connectivity index (χ3v) is 5.30. The Morgan fingerprint density at radius 2 is 1.74 bits per heavy atom. The van der Waals surface area contributed by atoms with E-state index in [1.54, 1.807) is 32.9 Å². The number of phenolic OH excluding ortho intramolecular Hbond substituents is 1. The van der Waals surface area contributed by atoms with Crippen molar-refractivity contribution in [3.63, 3.8) is 0 Å². The van der Waals surface area contributed by atoms with Crippen LogP contribution in [-0.4, -0.2) is 56.9 Å². The van der Waals surface area contributed by atoms with Gasteiger partial charge in [0.05, 0.1) is 0 Å². The smallest absolute Gasteiger partial charge is 0.408 e. The third kappa shape index (κ3) is 9.08. The van der Waals surface area contributed by atoms with E-state index in [0.29, 0.717) is 5.56 Å². The predicted octanol–water partition coefficient (Wildman–Crippen LogP) is 4.19. The lowest BCUT2D eigenvalue weighted by molar-refractivity contribution is -0.148. The highest BCUT2D eigenvalue weighted by molar-refractivity contribution is 7.80. The van der Waals surface area contributed by atoms with Crippen molar-refractivity contribution in [1.29, 1.82) is 0 Å². The second-order valence-corrected chi connectivity index (χ2v) is 10.8. The van der Waals surface area contributed by atoms with E-state index >= 15 is 0 Å². The maximum Gasteiger partial charge on any atom is 0.408 e. The highest BCUT2D eigenvalue weighted by Gasteiger charge is 2.41. The summed E-state index contributed by atoms with van der Waals surface area (Å²) >= 11 is 4.28. The largest absolute Gasteiger partial charge is 0.508 e. The van der Waals surface area contributed by atoms with Crippen LogP contribution in [0.3, 0.4) is 0 Å². The summed E-state index contributed by atoms with van der Waals surface area (Å²) in [7, 11) is 0. The fourth-order valence-corrected chi connectivity index (χ4v) is 3.84. The van der Waals surface area contributed by atoms with Gasteiger partial charge in [-0.05, 0) is 72.6 Å². The van der Waals surface area contributed by atoms with Crippen molar-refractivity contribution in [2.75, 3.05) is 5.75 Å². The van der Waals surface area contributed by atoms with Crippen LogP contribution in [0, 0.1) is 0 Å². The topological polar surface area (TPSA) is 108 Å². The molecule has 3 unspecified atom stereocenters. The van der Waals surface area contributed by atoms with Gasteiger partial charge in [-0.1, -0.05) is 25.5 Å². The Bertz CT molecular complexity index is 848. The molecule has 0 saturated heterocycles. The number of carbonyl (C=O) groups excluding carboxylic acids is 3. The number of ether oxygens (including phenoxy) is 1. The quantitative estimate of drug-likeness (QED) is 0.384. The lowest BCUT2D eigenvalue weighted by Gasteiger charge is -2.43. The molecular formula is C25H41N3O5S. The lowest BCUT2D eigenvalue weighted by atomic mass is 9.95. The SMILES string of the molecule is CCCC(C)NC(=O)C(c1cccc(O)c1)N(C(=O)C(CS)NC(=O)OC(C)(C)C)C(C)(C)C. The zero-order chi connectivity index (χ0) is 26.3. The number of nitrogens with one attached hydrogen (secondary N) is 2. The first-order chi connectivity index (χ1) is 15.6. The monoisotopic (exact) mass is 495 g/mol. The third-order valence-electron chi connectivity index (χ3n) is 4.93. The molecule has 3 atom stereocenters. The molecule has 1 aromatic carbocycles. The molecule has 0 bridgehead atoms. The molecule has 0 aliphatic rings. The number of thiol groups is 1. The van der Waals surface area contributed by atoms with E-state index in [2.05, 4.69) is 23.3 Å². The molecule has 0 heterocycles. The molecule has 0 radical (unpaired) electrons. The van der Waals surface area contributed by atoms with Crippen molar-refractivity contribution in [3.05, 3.63) is 29.8 Å². The normalized spacial score (nSPS) is 14.5. The number of rotatable bonds is 9. The number of hydrogen-bond donors (Lipinski definition) is 4. The van der Waals surface area contributed by atoms with Gasteiger partial charge in [0.2, 0.25) is 11.8 Å². The molecule has 0 fully saturated rings. The average Bonchev–Trinajstić information content (AvgIpc) is 2.67. The molecule has 9 heteroatoms. The number of hydrogen-bond acceptors (Lipinski definition) is 6. The summed E-state index contributed by atoms with van der Waals surface area (Å²) in [5, 5.41) is 15.7. The van der Waals surface area contributed by atoms with E-state index in [1.165, 1.54) is 17.0 Å². The molecule has 192 valence electrons. The number of phenols is 1. The minimum atomic E-state index is -1.04. The minimum absolute atomic E-state index is 0.00523. The van der Waals surface area contributed by atoms with Gasteiger partial charge in [-0.15, -0.1) is 0 Å². The van der Waals surface area contributed by atoms with Crippen LogP contribution in [0.25, 0.3) is 0 Å². The van der Waals surface area contributed by atoms with Gasteiger partial charge in [-0.3, -0.25) is 9.59 Å². The van der Waals surface area contributed by atoms with Crippen LogP contribution >= 0.6 is 12.6 Å². The van der Waals surface area contributed by atoms with E-state index in [0.717, 1.165) is 12.8 Å². The number of amides is 3. The summed E-state index contributed by atoms with van der Waals surface area (Å²) in [5.74, 6) is -0.869. The zero-order valence-electron chi connectivity index (χ0n) is 21.6. The van der Waals surface area contributed by atoms with Crippen LogP contribution < -0.4 is 10.6 Å². The van der Waals surface area contributed by atoms with Crippen molar-refractivity contribution in [2.24, 2.45) is 0 Å². The van der Waals surface area contributed by atoms with E-state index in [1.807, 2.05) is 34.6 Å². The molecule has 8 nitrogen and oxygen atoms in total. The summed E-state index contributed by atoms with van der Waals surface area (Å²) in [5.41, 5.74) is -1.09. The second kappa shape index (κ2) is 12.3. The standard InChI is InChI=1S/C25H41N3O5S/c1-9-11-16(2)26-21(30)20(17-12-10-13-18(29)14-17)28(24(3,4)5)22(31)19(15-34)27-23(32)33-25(6,7)8/h10,12-14,16,19-20,29,34H,9,11,15H2,1-8H3,(H,26,30)(H,27,32). The highest BCUT2D eigenvalue weighted by Crippen LogP contribution is 2.31. The molecule has 0 aliphatic heterocycles. The Balaban J connectivity index is 3.46. The van der Waals surface area contributed by atoms with Gasteiger partial charge >= 0.3 is 6.09 Å². The van der Waals surface area contributed by atoms with Gasteiger partial charge in [0.15, 0.2) is 0 Å². The Hall–Kier alpha value is -2.42. The van der Waals surface area contributed by atoms with Crippen LogP contribution in [0.5, 0.6) is 5.75 Å². The molecule has 3 N–H and O–H groups in total. The summed E-state index contributed by atoms with van der Waals surface area (Å²) in [6.45, 7) is 14.6. The Kier molecular flexibility index (Phi) is 10.7. The van der Waals surface area contributed by atoms with Gasteiger partial charge in [0.1, 0.15) is 23.4 Å². The molecule has 0 aromatic heterocycles. The van der Waals surface area contributed by atoms with Crippen LogP contribution in [0.2, 0.25) is 0 Å². The average molecular weight is 496 g/mol. The fraction of sp³-hybridized carbons (Fsp3) is 0.640. The van der Waals surface area contributed by atoms with E-state index in [4.69, 9.17) is 4.74 Å². The molecule has 34 heavy (non-hydrogen) atoms. The first-order valence-corrected chi connectivity index (χ1v) is 12.3. The number of carbonyl (C=O) groups is 3. The van der Waals surface area contributed by atoms with Gasteiger partial charge in [0, 0.05) is 17.3 Å². The Morgan fingerprint density at radius 1 is 1.12 bits per heavy atom. The van der Waals surface area contributed by atoms with Gasteiger partial charge in [0.25, 0.3) is 0 Å². The van der Waals surface area contributed by atoms with Crippen LogP contribution in [0.4, 0.5) is 4.79 Å². The first kappa shape index (κ1) is 29.6. The van der Waals surface area contributed by atoms with Gasteiger partial charge in [-0.25, -0.2) is 4.79 Å². The lowest BCUT2D eigenvalue weighted by Crippen LogP contribution is -2.59. The predicted molar refractivity (Wildman–Crippen MR) is 137 cm³/mol. The summed E-state index contributed by atoms with van der Waals surface area (Å²) in [6, 6.07) is 4.12. The van der Waals surface area contributed by atoms with E-state index in [-0.39, 0.29) is 23.5 Å². The Labute approximate surface area is 209 Å². The molecule has 0 aliphatic carbocycles. The number of aromatic hydroxyl groups is 1. The maximum atomic E-state index is 13.8. The first-order valence-electron chi connectivity index (χ1n) is 11.6. The Morgan fingerprint density at radius 3 is 2.21 bits per heavy atom. The van der Waals surface area contributed by atoms with E-state index < -0.39 is 35.2 Å². The maximum absolute atomic E-state index is 13.8. The molecular weight excluding hydrogens is 454 g/mol. The molecule has 0 saturated carbocycles. The second-order valence-electron chi connectivity index (χ2n) is 10.5. The van der Waals surface area contributed by atoms with Crippen molar-refractivity contribution in [1.82, 2.24) is 15.5 Å². The molecule has 3 amide bonds. The highest BCUT2D eigenvalue weighted by atomic mass is 32.1.